The van der Waals surface area contributed by atoms with Gasteiger partial charge in [-0.25, -0.2) is 4.98 Å². The molecule has 0 aliphatic heterocycles. The maximum absolute atomic E-state index is 11.4. The van der Waals surface area contributed by atoms with Gasteiger partial charge in [0.25, 0.3) is 5.56 Å². The van der Waals surface area contributed by atoms with Crippen LogP contribution in [0.2, 0.25) is 0 Å². The van der Waals surface area contributed by atoms with Crippen molar-refractivity contribution in [1.29, 1.82) is 0 Å². The molecule has 4 N–H and O–H groups in total. The first-order valence-corrected chi connectivity index (χ1v) is 7.82. The predicted molar refractivity (Wildman–Crippen MR) is 86.5 cm³/mol. The van der Waals surface area contributed by atoms with E-state index in [1.165, 1.54) is 23.4 Å². The van der Waals surface area contributed by atoms with Crippen molar-refractivity contribution >= 4 is 17.6 Å². The number of aromatic amines is 1. The molecule has 0 fully saturated rings. The topological polar surface area (TPSA) is 83.8 Å². The predicted octanol–water partition coefficient (Wildman–Crippen LogP) is 2.56. The summed E-state index contributed by atoms with van der Waals surface area (Å²) in [5.41, 5.74) is 6.60. The molecule has 0 spiro atoms. The van der Waals surface area contributed by atoms with Crippen molar-refractivity contribution in [1.82, 2.24) is 15.3 Å². The van der Waals surface area contributed by atoms with Crippen LogP contribution in [0.5, 0.6) is 0 Å². The van der Waals surface area contributed by atoms with E-state index in [9.17, 15) is 4.79 Å². The molecule has 1 atom stereocenters. The highest BCUT2D eigenvalue weighted by molar-refractivity contribution is 7.99. The number of anilines is 1. The maximum Gasteiger partial charge on any atom is 0.253 e. The van der Waals surface area contributed by atoms with Gasteiger partial charge in [0.05, 0.1) is 0 Å². The van der Waals surface area contributed by atoms with Crippen LogP contribution < -0.4 is 16.6 Å². The van der Waals surface area contributed by atoms with E-state index in [0.29, 0.717) is 11.2 Å². The van der Waals surface area contributed by atoms with Gasteiger partial charge in [0.2, 0.25) is 0 Å². The number of hydrogen-bond donors (Lipinski definition) is 3. The van der Waals surface area contributed by atoms with E-state index in [1.54, 1.807) is 0 Å². The van der Waals surface area contributed by atoms with Crippen LogP contribution in [0.3, 0.4) is 0 Å². The van der Waals surface area contributed by atoms with Gasteiger partial charge in [-0.1, -0.05) is 37.7 Å². The van der Waals surface area contributed by atoms with Gasteiger partial charge in [-0.15, -0.1) is 0 Å². The Bertz CT molecular complexity index is 639. The largest absolute Gasteiger partial charge is 0.383 e. The highest BCUT2D eigenvalue weighted by Gasteiger charge is 2.08. The minimum atomic E-state index is -0.236. The molecule has 5 nitrogen and oxygen atoms in total. The number of benzene rings is 1. The second-order valence-corrected chi connectivity index (χ2v) is 5.73. The number of rotatable bonds is 6. The Morgan fingerprint density at radius 2 is 2.05 bits per heavy atom. The quantitative estimate of drug-likeness (QED) is 0.714. The van der Waals surface area contributed by atoms with Crippen molar-refractivity contribution in [3.8, 4) is 0 Å². The standard InChI is InChI=1S/C15H20N4OS/c1-3-12(17-4-2)10-5-7-11(8-6-10)21-15-18-13(16)9-14(20)19-15/h5-9,12,17H,3-4H2,1-2H3,(H3,16,18,19,20). The lowest BCUT2D eigenvalue weighted by Gasteiger charge is -2.16. The molecule has 0 saturated heterocycles. The first-order valence-electron chi connectivity index (χ1n) is 7.00. The molecule has 0 saturated carbocycles. The molecule has 0 radical (unpaired) electrons. The Morgan fingerprint density at radius 1 is 1.33 bits per heavy atom. The molecule has 1 aromatic carbocycles. The molecule has 0 amide bonds. The lowest BCUT2D eigenvalue weighted by molar-refractivity contribution is 0.537. The first-order chi connectivity index (χ1) is 10.1. The van der Waals surface area contributed by atoms with Crippen molar-refractivity contribution in [3.05, 3.63) is 46.2 Å². The zero-order valence-electron chi connectivity index (χ0n) is 12.2. The molecule has 0 aliphatic rings. The average molecular weight is 304 g/mol. The summed E-state index contributed by atoms with van der Waals surface area (Å²) in [7, 11) is 0. The van der Waals surface area contributed by atoms with Gasteiger partial charge in [-0.3, -0.25) is 4.79 Å². The van der Waals surface area contributed by atoms with E-state index < -0.39 is 0 Å². The third-order valence-corrected chi connectivity index (χ3v) is 3.99. The maximum atomic E-state index is 11.4. The number of hydrogen-bond acceptors (Lipinski definition) is 5. The Morgan fingerprint density at radius 3 is 2.62 bits per heavy atom. The number of nitrogens with two attached hydrogens (primary N) is 1. The lowest BCUT2D eigenvalue weighted by Crippen LogP contribution is -2.19. The molecule has 6 heteroatoms. The minimum absolute atomic E-state index is 0.232. The van der Waals surface area contributed by atoms with E-state index in [-0.39, 0.29) is 11.4 Å². The Kier molecular flexibility index (Phi) is 5.41. The molecule has 2 rings (SSSR count). The van der Waals surface area contributed by atoms with Gasteiger partial charge >= 0.3 is 0 Å². The van der Waals surface area contributed by atoms with Gasteiger partial charge in [0.1, 0.15) is 5.82 Å². The summed E-state index contributed by atoms with van der Waals surface area (Å²) in [6.45, 7) is 5.22. The summed E-state index contributed by atoms with van der Waals surface area (Å²) in [5.74, 6) is 0.232. The van der Waals surface area contributed by atoms with Gasteiger partial charge in [-0.2, -0.15) is 0 Å². The van der Waals surface area contributed by atoms with Gasteiger partial charge < -0.3 is 16.0 Å². The Balaban J connectivity index is 2.13. The van der Waals surface area contributed by atoms with E-state index in [4.69, 9.17) is 5.73 Å². The van der Waals surface area contributed by atoms with Crippen LogP contribution in [-0.2, 0) is 0 Å². The van der Waals surface area contributed by atoms with Gasteiger partial charge in [0.15, 0.2) is 5.16 Å². The number of aromatic nitrogens is 2. The number of nitrogens with zero attached hydrogens (tertiary/aromatic N) is 1. The van der Waals surface area contributed by atoms with Crippen LogP contribution in [0, 0.1) is 0 Å². The third kappa shape index (κ3) is 4.34. The second kappa shape index (κ2) is 7.28. The summed E-state index contributed by atoms with van der Waals surface area (Å²) in [6.07, 6.45) is 1.05. The van der Waals surface area contributed by atoms with Crippen LogP contribution in [0.15, 0.2) is 45.2 Å². The van der Waals surface area contributed by atoms with Crippen molar-refractivity contribution in [3.63, 3.8) is 0 Å². The fourth-order valence-electron chi connectivity index (χ4n) is 2.13. The monoisotopic (exact) mass is 304 g/mol. The zero-order valence-corrected chi connectivity index (χ0v) is 13.0. The van der Waals surface area contributed by atoms with Crippen molar-refractivity contribution < 1.29 is 0 Å². The van der Waals surface area contributed by atoms with Crippen LogP contribution >= 0.6 is 11.8 Å². The fraction of sp³-hybridized carbons (Fsp3) is 0.333. The smallest absolute Gasteiger partial charge is 0.253 e. The number of nitrogens with one attached hydrogen (secondary N) is 2. The van der Waals surface area contributed by atoms with Crippen molar-refractivity contribution in [2.24, 2.45) is 0 Å². The summed E-state index contributed by atoms with van der Waals surface area (Å²) in [4.78, 5) is 19.1. The van der Waals surface area contributed by atoms with Crippen LogP contribution in [0.1, 0.15) is 31.9 Å². The highest BCUT2D eigenvalue weighted by Crippen LogP contribution is 2.26. The van der Waals surface area contributed by atoms with Crippen molar-refractivity contribution in [2.75, 3.05) is 12.3 Å². The molecular formula is C15H20N4OS. The van der Waals surface area contributed by atoms with E-state index in [0.717, 1.165) is 17.9 Å². The Hall–Kier alpha value is -1.79. The molecule has 0 bridgehead atoms. The third-order valence-electron chi connectivity index (χ3n) is 3.10. The molecule has 21 heavy (non-hydrogen) atoms. The van der Waals surface area contributed by atoms with Crippen LogP contribution in [-0.4, -0.2) is 16.5 Å². The molecule has 0 aliphatic carbocycles. The van der Waals surface area contributed by atoms with E-state index in [2.05, 4.69) is 41.3 Å². The summed E-state index contributed by atoms with van der Waals surface area (Å²) >= 11 is 1.39. The fourth-order valence-corrected chi connectivity index (χ4v) is 2.92. The molecule has 1 aromatic heterocycles. The molecule has 1 unspecified atom stereocenters. The van der Waals surface area contributed by atoms with Gasteiger partial charge in [0, 0.05) is 17.0 Å². The highest BCUT2D eigenvalue weighted by atomic mass is 32.2. The van der Waals surface area contributed by atoms with Crippen LogP contribution in [0.4, 0.5) is 5.82 Å². The molecule has 112 valence electrons. The second-order valence-electron chi connectivity index (χ2n) is 4.67. The van der Waals surface area contributed by atoms with E-state index >= 15 is 0 Å². The van der Waals surface area contributed by atoms with E-state index in [1.807, 2.05) is 12.1 Å². The summed E-state index contributed by atoms with van der Waals surface area (Å²) in [5, 5.41) is 3.96. The summed E-state index contributed by atoms with van der Waals surface area (Å²) < 4.78 is 0. The van der Waals surface area contributed by atoms with Crippen molar-refractivity contribution in [2.45, 2.75) is 36.4 Å². The number of nitrogen functional groups attached to an aromatic ring is 1. The normalized spacial score (nSPS) is 12.3. The average Bonchev–Trinajstić information content (AvgIpc) is 2.45. The van der Waals surface area contributed by atoms with Crippen LogP contribution in [0.25, 0.3) is 0 Å². The van der Waals surface area contributed by atoms with Gasteiger partial charge in [-0.05, 0) is 30.7 Å². The Labute approximate surface area is 128 Å². The number of H-pyrrole nitrogens is 1. The summed E-state index contributed by atoms with van der Waals surface area (Å²) in [6, 6.07) is 9.91. The zero-order chi connectivity index (χ0) is 15.2. The SMILES string of the molecule is CCNC(CC)c1ccc(Sc2nc(N)cc(=O)[nH]2)cc1. The lowest BCUT2D eigenvalue weighted by atomic mass is 10.1. The molecule has 2 aromatic rings. The molecule has 1 heterocycles. The first kappa shape index (κ1) is 15.6. The molecular weight excluding hydrogens is 284 g/mol. The minimum Gasteiger partial charge on any atom is -0.383 e.